The Kier molecular flexibility index (Phi) is 5.16. The number of methoxy groups -OCH3 is 1. The van der Waals surface area contributed by atoms with Crippen LogP contribution in [0.2, 0.25) is 0 Å². The summed E-state index contributed by atoms with van der Waals surface area (Å²) in [6.45, 7) is 0. The van der Waals surface area contributed by atoms with Crippen molar-refractivity contribution in [2.24, 2.45) is 0 Å². The molecule has 2 amide bonds. The van der Waals surface area contributed by atoms with Gasteiger partial charge in [0.1, 0.15) is 28.7 Å². The molecule has 3 aromatic rings. The molecular weight excluding hydrogens is 407 g/mol. The van der Waals surface area contributed by atoms with Crippen molar-refractivity contribution in [3.63, 3.8) is 0 Å². The van der Waals surface area contributed by atoms with Gasteiger partial charge in [-0.05, 0) is 79.0 Å². The van der Waals surface area contributed by atoms with Crippen molar-refractivity contribution < 1.29 is 23.1 Å². The number of thiocarbonyl (C=S) groups is 1. The standard InChI is InChI=1S/C22H15FN2O4S/c1-28-16-8-6-15(7-9-16)25-21(27)18(20(26)24-22(25)30)12-17-10-11-19(29-17)13-2-4-14(23)5-3-13/h2-12H,1H3,(H,24,26,30)/b18-12-. The molecule has 2 aromatic carbocycles. The van der Waals surface area contributed by atoms with Gasteiger partial charge >= 0.3 is 0 Å². The van der Waals surface area contributed by atoms with Crippen LogP contribution in [0, 0.1) is 5.82 Å². The van der Waals surface area contributed by atoms with Crippen LogP contribution in [0.4, 0.5) is 10.1 Å². The zero-order chi connectivity index (χ0) is 21.3. The molecule has 150 valence electrons. The number of hydrogen-bond donors (Lipinski definition) is 1. The second kappa shape index (κ2) is 7.92. The Morgan fingerprint density at radius 3 is 2.40 bits per heavy atom. The molecule has 30 heavy (non-hydrogen) atoms. The van der Waals surface area contributed by atoms with Crippen LogP contribution >= 0.6 is 12.2 Å². The summed E-state index contributed by atoms with van der Waals surface area (Å²) in [5.41, 5.74) is 1.03. The lowest BCUT2D eigenvalue weighted by Crippen LogP contribution is -2.54. The van der Waals surface area contributed by atoms with Crippen LogP contribution in [0.25, 0.3) is 17.4 Å². The monoisotopic (exact) mass is 422 g/mol. The predicted molar refractivity (Wildman–Crippen MR) is 113 cm³/mol. The van der Waals surface area contributed by atoms with E-state index >= 15 is 0 Å². The maximum atomic E-state index is 13.1. The van der Waals surface area contributed by atoms with Crippen molar-refractivity contribution in [1.29, 1.82) is 0 Å². The first-order valence-electron chi connectivity index (χ1n) is 8.87. The number of rotatable bonds is 4. The molecule has 1 saturated heterocycles. The summed E-state index contributed by atoms with van der Waals surface area (Å²) in [6.07, 6.45) is 1.35. The Balaban J connectivity index is 1.65. The summed E-state index contributed by atoms with van der Waals surface area (Å²) < 4.78 is 23.9. The Morgan fingerprint density at radius 1 is 1.03 bits per heavy atom. The number of carbonyl (C=O) groups is 2. The van der Waals surface area contributed by atoms with Crippen LogP contribution in [-0.2, 0) is 9.59 Å². The van der Waals surface area contributed by atoms with Gasteiger partial charge in [0.2, 0.25) is 0 Å². The van der Waals surface area contributed by atoms with E-state index in [-0.39, 0.29) is 16.5 Å². The number of anilines is 1. The number of ether oxygens (including phenoxy) is 1. The van der Waals surface area contributed by atoms with Gasteiger partial charge in [-0.3, -0.25) is 19.8 Å². The van der Waals surface area contributed by atoms with Crippen LogP contribution in [0.3, 0.4) is 0 Å². The number of carbonyl (C=O) groups excluding carboxylic acids is 2. The van der Waals surface area contributed by atoms with Gasteiger partial charge in [-0.15, -0.1) is 0 Å². The Bertz CT molecular complexity index is 1170. The van der Waals surface area contributed by atoms with Crippen molar-refractivity contribution in [3.8, 4) is 17.1 Å². The van der Waals surface area contributed by atoms with Gasteiger partial charge < -0.3 is 9.15 Å². The lowest BCUT2D eigenvalue weighted by molar-refractivity contribution is -0.122. The largest absolute Gasteiger partial charge is 0.497 e. The molecule has 1 fully saturated rings. The molecule has 2 heterocycles. The van der Waals surface area contributed by atoms with Crippen molar-refractivity contribution >= 4 is 40.9 Å². The minimum Gasteiger partial charge on any atom is -0.497 e. The van der Waals surface area contributed by atoms with E-state index in [4.69, 9.17) is 21.4 Å². The first-order chi connectivity index (χ1) is 14.5. The van der Waals surface area contributed by atoms with E-state index in [0.717, 1.165) is 0 Å². The molecule has 1 aliphatic heterocycles. The summed E-state index contributed by atoms with van der Waals surface area (Å²) in [4.78, 5) is 26.6. The average Bonchev–Trinajstić information content (AvgIpc) is 3.21. The molecule has 8 heteroatoms. The minimum atomic E-state index is -0.616. The van der Waals surface area contributed by atoms with Crippen molar-refractivity contribution in [2.75, 3.05) is 12.0 Å². The van der Waals surface area contributed by atoms with E-state index < -0.39 is 11.8 Å². The summed E-state index contributed by atoms with van der Waals surface area (Å²) in [7, 11) is 1.54. The SMILES string of the molecule is COc1ccc(N2C(=O)/C(=C\c3ccc(-c4ccc(F)cc4)o3)C(=O)NC2=S)cc1. The molecule has 4 rings (SSSR count). The van der Waals surface area contributed by atoms with Crippen molar-refractivity contribution in [3.05, 3.63) is 77.8 Å². The second-order valence-electron chi connectivity index (χ2n) is 6.36. The van der Waals surface area contributed by atoms with E-state index in [1.807, 2.05) is 0 Å². The number of nitrogens with zero attached hydrogens (tertiary/aromatic N) is 1. The Labute approximate surface area is 176 Å². The van der Waals surface area contributed by atoms with Crippen LogP contribution < -0.4 is 15.0 Å². The van der Waals surface area contributed by atoms with Crippen LogP contribution in [0.15, 0.2) is 70.7 Å². The predicted octanol–water partition coefficient (Wildman–Crippen LogP) is 3.93. The molecule has 0 saturated carbocycles. The molecule has 1 aromatic heterocycles. The fraction of sp³-hybridized carbons (Fsp3) is 0.0455. The van der Waals surface area contributed by atoms with E-state index in [2.05, 4.69) is 5.32 Å². The third kappa shape index (κ3) is 3.72. The smallest absolute Gasteiger partial charge is 0.270 e. The number of benzene rings is 2. The molecule has 0 radical (unpaired) electrons. The number of hydrogen-bond acceptors (Lipinski definition) is 5. The van der Waals surface area contributed by atoms with Crippen LogP contribution in [0.5, 0.6) is 5.75 Å². The summed E-state index contributed by atoms with van der Waals surface area (Å²) >= 11 is 5.18. The maximum absolute atomic E-state index is 13.1. The second-order valence-corrected chi connectivity index (χ2v) is 6.75. The third-order valence-corrected chi connectivity index (χ3v) is 4.76. The summed E-state index contributed by atoms with van der Waals surface area (Å²) in [6, 6.07) is 15.8. The van der Waals surface area contributed by atoms with Crippen LogP contribution in [-0.4, -0.2) is 24.0 Å². The molecular formula is C22H15FN2O4S. The normalized spacial score (nSPS) is 15.5. The van der Waals surface area contributed by atoms with E-state index in [9.17, 15) is 14.0 Å². The fourth-order valence-corrected chi connectivity index (χ4v) is 3.25. The van der Waals surface area contributed by atoms with Crippen molar-refractivity contribution in [1.82, 2.24) is 5.32 Å². The summed E-state index contributed by atoms with van der Waals surface area (Å²) in [5, 5.41) is 2.50. The highest BCUT2D eigenvalue weighted by Gasteiger charge is 2.34. The number of nitrogens with one attached hydrogen (secondary N) is 1. The number of furan rings is 1. The average molecular weight is 422 g/mol. The minimum absolute atomic E-state index is 0.0150. The van der Waals surface area contributed by atoms with E-state index in [0.29, 0.717) is 28.5 Å². The molecule has 0 atom stereocenters. The molecule has 1 N–H and O–H groups in total. The summed E-state index contributed by atoms with van der Waals surface area (Å²) in [5.74, 6) is -0.143. The topological polar surface area (TPSA) is 71.8 Å². The number of halogens is 1. The van der Waals surface area contributed by atoms with Gasteiger partial charge in [0, 0.05) is 5.56 Å². The first kappa shape index (κ1) is 19.5. The fourth-order valence-electron chi connectivity index (χ4n) is 2.97. The number of amides is 2. The molecule has 1 aliphatic rings. The van der Waals surface area contributed by atoms with Gasteiger partial charge in [-0.2, -0.15) is 0 Å². The van der Waals surface area contributed by atoms with Gasteiger partial charge in [0.25, 0.3) is 11.8 Å². The highest BCUT2D eigenvalue weighted by molar-refractivity contribution is 7.80. The van der Waals surface area contributed by atoms with E-state index in [1.165, 1.54) is 30.2 Å². The van der Waals surface area contributed by atoms with Gasteiger partial charge in [0.15, 0.2) is 5.11 Å². The van der Waals surface area contributed by atoms with Gasteiger partial charge in [-0.1, -0.05) is 0 Å². The van der Waals surface area contributed by atoms with Crippen molar-refractivity contribution in [2.45, 2.75) is 0 Å². The lowest BCUT2D eigenvalue weighted by atomic mass is 10.1. The quantitative estimate of drug-likeness (QED) is 0.392. The van der Waals surface area contributed by atoms with E-state index in [1.54, 1.807) is 48.5 Å². The zero-order valence-electron chi connectivity index (χ0n) is 15.7. The first-order valence-corrected chi connectivity index (χ1v) is 9.28. The molecule has 0 aliphatic carbocycles. The molecule has 0 unspecified atom stereocenters. The Hall–Kier alpha value is -3.78. The molecule has 0 spiro atoms. The van der Waals surface area contributed by atoms with Gasteiger partial charge in [0.05, 0.1) is 12.8 Å². The molecule has 6 nitrogen and oxygen atoms in total. The van der Waals surface area contributed by atoms with Crippen LogP contribution in [0.1, 0.15) is 5.76 Å². The highest BCUT2D eigenvalue weighted by atomic mass is 32.1. The Morgan fingerprint density at radius 2 is 1.73 bits per heavy atom. The third-order valence-electron chi connectivity index (χ3n) is 4.47. The maximum Gasteiger partial charge on any atom is 0.270 e. The molecule has 0 bridgehead atoms. The zero-order valence-corrected chi connectivity index (χ0v) is 16.5. The van der Waals surface area contributed by atoms with Gasteiger partial charge in [-0.25, -0.2) is 4.39 Å². The lowest BCUT2D eigenvalue weighted by Gasteiger charge is -2.28. The highest BCUT2D eigenvalue weighted by Crippen LogP contribution is 2.27.